The van der Waals surface area contributed by atoms with Crippen molar-refractivity contribution in [1.82, 2.24) is 9.78 Å². The molecule has 1 aromatic heterocycles. The van der Waals surface area contributed by atoms with Crippen LogP contribution in [0.25, 0.3) is 10.9 Å². The molecule has 0 amide bonds. The number of carboxylic acids is 1. The van der Waals surface area contributed by atoms with Crippen LogP contribution in [0.1, 0.15) is 59.6 Å². The zero-order chi connectivity index (χ0) is 17.2. The molecule has 1 aliphatic rings. The van der Waals surface area contributed by atoms with Crippen LogP contribution in [0.4, 0.5) is 0 Å². The van der Waals surface area contributed by atoms with Crippen molar-refractivity contribution < 1.29 is 9.90 Å². The molecule has 1 heterocycles. The predicted octanol–water partition coefficient (Wildman–Crippen LogP) is 4.83. The van der Waals surface area contributed by atoms with E-state index in [-0.39, 0.29) is 5.69 Å². The fourth-order valence-electron chi connectivity index (χ4n) is 3.91. The number of hydrogen-bond acceptors (Lipinski definition) is 2. The molecular formula is C21H22N2O2. The Morgan fingerprint density at radius 1 is 1.04 bits per heavy atom. The van der Waals surface area contributed by atoms with Gasteiger partial charge in [-0.05, 0) is 36.0 Å². The third-order valence-corrected chi connectivity index (χ3v) is 5.25. The van der Waals surface area contributed by atoms with Gasteiger partial charge >= 0.3 is 5.97 Å². The number of aromatic carboxylic acids is 1. The lowest BCUT2D eigenvalue weighted by atomic mass is 9.84. The van der Waals surface area contributed by atoms with Crippen LogP contribution in [0, 0.1) is 0 Å². The zero-order valence-corrected chi connectivity index (χ0v) is 14.2. The Morgan fingerprint density at radius 2 is 1.76 bits per heavy atom. The largest absolute Gasteiger partial charge is 0.476 e. The highest BCUT2D eigenvalue weighted by Gasteiger charge is 2.17. The van der Waals surface area contributed by atoms with Crippen LogP contribution in [0.2, 0.25) is 0 Å². The van der Waals surface area contributed by atoms with Gasteiger partial charge < -0.3 is 5.11 Å². The minimum Gasteiger partial charge on any atom is -0.476 e. The van der Waals surface area contributed by atoms with Gasteiger partial charge in [0.1, 0.15) is 0 Å². The van der Waals surface area contributed by atoms with E-state index in [0.717, 1.165) is 11.1 Å². The number of fused-ring (bicyclic) bond motifs is 1. The fourth-order valence-corrected chi connectivity index (χ4v) is 3.91. The molecule has 3 aromatic rings. The van der Waals surface area contributed by atoms with Crippen LogP contribution in [0.5, 0.6) is 0 Å². The van der Waals surface area contributed by atoms with E-state index >= 15 is 0 Å². The topological polar surface area (TPSA) is 55.1 Å². The molecule has 1 saturated carbocycles. The molecule has 2 aromatic carbocycles. The molecule has 0 unspecified atom stereocenters. The van der Waals surface area contributed by atoms with Gasteiger partial charge in [0.2, 0.25) is 0 Å². The lowest BCUT2D eigenvalue weighted by Crippen LogP contribution is -2.06. The quantitative estimate of drug-likeness (QED) is 0.743. The Kier molecular flexibility index (Phi) is 4.26. The Labute approximate surface area is 147 Å². The fraction of sp³-hybridized carbons (Fsp3) is 0.333. The van der Waals surface area contributed by atoms with Crippen molar-refractivity contribution in [3.05, 3.63) is 65.4 Å². The van der Waals surface area contributed by atoms with Gasteiger partial charge in [-0.1, -0.05) is 61.7 Å². The van der Waals surface area contributed by atoms with Crippen LogP contribution < -0.4 is 0 Å². The van der Waals surface area contributed by atoms with Gasteiger partial charge in [-0.2, -0.15) is 5.10 Å². The molecule has 0 radical (unpaired) electrons. The maximum atomic E-state index is 11.4. The first-order valence-corrected chi connectivity index (χ1v) is 9.00. The first-order valence-electron chi connectivity index (χ1n) is 9.00. The number of benzene rings is 2. The standard InChI is InChI=1S/C21H22N2O2/c24-21(25)20-18-8-4-5-9-19(18)23(22-20)14-15-10-12-17(13-11-15)16-6-2-1-3-7-16/h4-5,8-13,16H,1-3,6-7,14H2,(H,24,25). The predicted molar refractivity (Wildman–Crippen MR) is 98.1 cm³/mol. The van der Waals surface area contributed by atoms with Crippen LogP contribution in [0.3, 0.4) is 0 Å². The molecule has 4 rings (SSSR count). The second kappa shape index (κ2) is 6.71. The van der Waals surface area contributed by atoms with E-state index in [9.17, 15) is 9.90 Å². The highest BCUT2D eigenvalue weighted by atomic mass is 16.4. The number of rotatable bonds is 4. The van der Waals surface area contributed by atoms with Gasteiger partial charge in [0.25, 0.3) is 0 Å². The van der Waals surface area contributed by atoms with Crippen molar-refractivity contribution in [2.75, 3.05) is 0 Å². The number of carboxylic acid groups (broad SMARTS) is 1. The van der Waals surface area contributed by atoms with Crippen molar-refractivity contribution in [3.63, 3.8) is 0 Å². The number of nitrogens with zero attached hydrogens (tertiary/aromatic N) is 2. The van der Waals surface area contributed by atoms with Gasteiger partial charge in [-0.25, -0.2) is 4.79 Å². The van der Waals surface area contributed by atoms with E-state index in [1.54, 1.807) is 4.68 Å². The molecule has 128 valence electrons. The van der Waals surface area contributed by atoms with Gasteiger partial charge in [0, 0.05) is 5.39 Å². The van der Waals surface area contributed by atoms with Crippen LogP contribution in [-0.4, -0.2) is 20.9 Å². The summed E-state index contributed by atoms with van der Waals surface area (Å²) in [5.74, 6) is -0.283. The van der Waals surface area contributed by atoms with Crippen molar-refractivity contribution in [2.45, 2.75) is 44.6 Å². The molecule has 0 saturated heterocycles. The third kappa shape index (κ3) is 3.16. The SMILES string of the molecule is O=C(O)c1nn(Cc2ccc(C3CCCCC3)cc2)c2ccccc12. The van der Waals surface area contributed by atoms with Gasteiger partial charge in [-0.3, -0.25) is 4.68 Å². The monoisotopic (exact) mass is 334 g/mol. The number of para-hydroxylation sites is 1. The Balaban J connectivity index is 1.60. The van der Waals surface area contributed by atoms with E-state index in [0.29, 0.717) is 17.8 Å². The molecule has 4 heteroatoms. The van der Waals surface area contributed by atoms with E-state index in [2.05, 4.69) is 29.4 Å². The van der Waals surface area contributed by atoms with Crippen LogP contribution >= 0.6 is 0 Å². The van der Waals surface area contributed by atoms with E-state index < -0.39 is 5.97 Å². The van der Waals surface area contributed by atoms with Gasteiger partial charge in [-0.15, -0.1) is 0 Å². The molecule has 0 bridgehead atoms. The molecular weight excluding hydrogens is 312 g/mol. The Bertz CT molecular complexity index is 890. The van der Waals surface area contributed by atoms with E-state index in [1.165, 1.54) is 37.7 Å². The summed E-state index contributed by atoms with van der Waals surface area (Å²) in [6, 6.07) is 16.3. The van der Waals surface area contributed by atoms with Crippen molar-refractivity contribution >= 4 is 16.9 Å². The molecule has 1 aliphatic carbocycles. The number of carbonyl (C=O) groups is 1. The summed E-state index contributed by atoms with van der Waals surface area (Å²) in [6.07, 6.45) is 6.64. The molecule has 1 fully saturated rings. The Hall–Kier alpha value is -2.62. The van der Waals surface area contributed by atoms with Crippen molar-refractivity contribution in [3.8, 4) is 0 Å². The molecule has 0 spiro atoms. The summed E-state index contributed by atoms with van der Waals surface area (Å²) < 4.78 is 1.79. The minimum absolute atomic E-state index is 0.120. The molecule has 25 heavy (non-hydrogen) atoms. The zero-order valence-electron chi connectivity index (χ0n) is 14.2. The summed E-state index contributed by atoms with van der Waals surface area (Å²) >= 11 is 0. The van der Waals surface area contributed by atoms with Crippen LogP contribution in [0.15, 0.2) is 48.5 Å². The summed E-state index contributed by atoms with van der Waals surface area (Å²) in [5.41, 5.74) is 3.55. The molecule has 0 atom stereocenters. The van der Waals surface area contributed by atoms with E-state index in [1.807, 2.05) is 24.3 Å². The lowest BCUT2D eigenvalue weighted by Gasteiger charge is -2.22. The normalized spacial score (nSPS) is 15.5. The maximum Gasteiger partial charge on any atom is 0.357 e. The maximum absolute atomic E-state index is 11.4. The summed E-state index contributed by atoms with van der Waals surface area (Å²) in [6.45, 7) is 0.582. The van der Waals surface area contributed by atoms with Crippen molar-refractivity contribution in [2.24, 2.45) is 0 Å². The van der Waals surface area contributed by atoms with Crippen LogP contribution in [-0.2, 0) is 6.54 Å². The average molecular weight is 334 g/mol. The van der Waals surface area contributed by atoms with Crippen molar-refractivity contribution in [1.29, 1.82) is 0 Å². The lowest BCUT2D eigenvalue weighted by molar-refractivity contribution is 0.0691. The number of hydrogen-bond donors (Lipinski definition) is 1. The smallest absolute Gasteiger partial charge is 0.357 e. The van der Waals surface area contributed by atoms with E-state index in [4.69, 9.17) is 0 Å². The number of aromatic nitrogens is 2. The minimum atomic E-state index is -0.984. The summed E-state index contributed by atoms with van der Waals surface area (Å²) in [5, 5.41) is 14.4. The average Bonchev–Trinajstić information content (AvgIpc) is 3.02. The van der Waals surface area contributed by atoms with Gasteiger partial charge in [0.15, 0.2) is 5.69 Å². The first kappa shape index (κ1) is 15.9. The van der Waals surface area contributed by atoms with Gasteiger partial charge in [0.05, 0.1) is 12.1 Å². The first-order chi connectivity index (χ1) is 12.2. The second-order valence-corrected chi connectivity index (χ2v) is 6.91. The summed E-state index contributed by atoms with van der Waals surface area (Å²) in [4.78, 5) is 11.4. The molecule has 1 N–H and O–H groups in total. The summed E-state index contributed by atoms with van der Waals surface area (Å²) in [7, 11) is 0. The Morgan fingerprint density at radius 3 is 2.48 bits per heavy atom. The highest BCUT2D eigenvalue weighted by molar-refractivity contribution is 6.01. The molecule has 0 aliphatic heterocycles. The second-order valence-electron chi connectivity index (χ2n) is 6.91. The molecule has 4 nitrogen and oxygen atoms in total. The highest BCUT2D eigenvalue weighted by Crippen LogP contribution is 2.32. The third-order valence-electron chi connectivity index (χ3n) is 5.25.